The molecule has 0 fully saturated rings. The zero-order chi connectivity index (χ0) is 17.2. The lowest BCUT2D eigenvalue weighted by Gasteiger charge is -2.37. The minimum atomic E-state index is -1.07. The molecule has 25 heavy (non-hydrogen) atoms. The molecule has 0 aliphatic carbocycles. The summed E-state index contributed by atoms with van der Waals surface area (Å²) >= 11 is 0. The van der Waals surface area contributed by atoms with Gasteiger partial charge in [0.2, 0.25) is 0 Å². The van der Waals surface area contributed by atoms with Crippen molar-refractivity contribution in [3.63, 3.8) is 0 Å². The van der Waals surface area contributed by atoms with Crippen LogP contribution in [0.1, 0.15) is 32.6 Å². The molecule has 0 amide bonds. The maximum atomic E-state index is 12.6. The molecular weight excluding hydrogens is 314 g/mol. The van der Waals surface area contributed by atoms with Gasteiger partial charge in [0, 0.05) is 16.8 Å². The fourth-order valence-electron chi connectivity index (χ4n) is 3.94. The Hall–Kier alpha value is -3.27. The number of ether oxygens (including phenoxy) is 2. The Balaban J connectivity index is 1.95. The summed E-state index contributed by atoms with van der Waals surface area (Å²) in [5.41, 5.74) is 9.69. The number of fused-ring (bicyclic) bond motifs is 6. The quantitative estimate of drug-likeness (QED) is 0.497. The molecule has 1 atom stereocenters. The molecule has 2 N–H and O–H groups in total. The van der Waals surface area contributed by atoms with Crippen LogP contribution in [-0.2, 0) is 10.3 Å². The summed E-state index contributed by atoms with van der Waals surface area (Å²) in [5, 5.41) is 0. The van der Waals surface area contributed by atoms with Crippen molar-refractivity contribution in [1.82, 2.24) is 0 Å². The molecule has 0 aromatic heterocycles. The first-order valence-electron chi connectivity index (χ1n) is 8.12. The van der Waals surface area contributed by atoms with Crippen molar-refractivity contribution in [2.24, 2.45) is 0 Å². The first-order valence-corrected chi connectivity index (χ1v) is 8.12. The van der Waals surface area contributed by atoms with Crippen molar-refractivity contribution in [3.05, 3.63) is 88.5 Å². The van der Waals surface area contributed by atoms with Crippen molar-refractivity contribution >= 4 is 11.7 Å². The Morgan fingerprint density at radius 1 is 0.920 bits per heavy atom. The molecule has 0 saturated heterocycles. The number of benzene rings is 3. The third-order valence-electron chi connectivity index (χ3n) is 4.89. The molecule has 1 spiro atoms. The number of carbonyl (C=O) groups is 1. The lowest BCUT2D eigenvalue weighted by atomic mass is 9.77. The van der Waals surface area contributed by atoms with E-state index >= 15 is 0 Å². The molecule has 4 nitrogen and oxygen atoms in total. The van der Waals surface area contributed by atoms with E-state index in [2.05, 4.69) is 0 Å². The van der Waals surface area contributed by atoms with E-state index in [0.717, 1.165) is 16.7 Å². The van der Waals surface area contributed by atoms with Crippen LogP contribution in [-0.4, -0.2) is 5.97 Å². The van der Waals surface area contributed by atoms with Crippen LogP contribution in [0.25, 0.3) is 0 Å². The SMILES string of the molecule is Cc1cc(N)c2c(c1)Oc1ccccc1C21OC(=O)c2ccccc21. The van der Waals surface area contributed by atoms with Crippen LogP contribution in [0.15, 0.2) is 60.7 Å². The second-order valence-electron chi connectivity index (χ2n) is 6.44. The van der Waals surface area contributed by atoms with E-state index in [4.69, 9.17) is 15.2 Å². The van der Waals surface area contributed by atoms with Crippen LogP contribution in [0.4, 0.5) is 5.69 Å². The van der Waals surface area contributed by atoms with Gasteiger partial charge in [-0.15, -0.1) is 0 Å². The van der Waals surface area contributed by atoms with Crippen molar-refractivity contribution in [2.45, 2.75) is 12.5 Å². The number of nitrogen functional groups attached to an aromatic ring is 1. The first-order chi connectivity index (χ1) is 12.1. The Bertz CT molecular complexity index is 1060. The number of carbonyl (C=O) groups excluding carboxylic acids is 1. The van der Waals surface area contributed by atoms with Crippen LogP contribution in [0.2, 0.25) is 0 Å². The second kappa shape index (κ2) is 4.63. The van der Waals surface area contributed by atoms with Gasteiger partial charge < -0.3 is 15.2 Å². The second-order valence-corrected chi connectivity index (χ2v) is 6.44. The lowest BCUT2D eigenvalue weighted by Crippen LogP contribution is -2.34. The highest BCUT2D eigenvalue weighted by molar-refractivity contribution is 5.97. The Kier molecular flexibility index (Phi) is 2.61. The normalized spacial score (nSPS) is 19.6. The predicted molar refractivity (Wildman–Crippen MR) is 93.8 cm³/mol. The van der Waals surface area contributed by atoms with Crippen molar-refractivity contribution in [2.75, 3.05) is 5.73 Å². The fraction of sp³-hybridized carbons (Fsp3) is 0.0952. The van der Waals surface area contributed by atoms with Gasteiger partial charge in [0.25, 0.3) is 0 Å². The molecule has 2 heterocycles. The molecule has 2 aliphatic rings. The third kappa shape index (κ3) is 1.68. The van der Waals surface area contributed by atoms with E-state index in [0.29, 0.717) is 28.3 Å². The summed E-state index contributed by atoms with van der Waals surface area (Å²) in [4.78, 5) is 12.6. The number of aryl methyl sites for hydroxylation is 1. The molecule has 0 saturated carbocycles. The zero-order valence-electron chi connectivity index (χ0n) is 13.6. The molecule has 2 aliphatic heterocycles. The highest BCUT2D eigenvalue weighted by Gasteiger charge is 2.54. The van der Waals surface area contributed by atoms with Crippen LogP contribution in [0, 0.1) is 6.92 Å². The molecule has 1 unspecified atom stereocenters. The van der Waals surface area contributed by atoms with Gasteiger partial charge in [-0.2, -0.15) is 0 Å². The summed E-state index contributed by atoms with van der Waals surface area (Å²) < 4.78 is 12.1. The van der Waals surface area contributed by atoms with E-state index < -0.39 is 5.60 Å². The van der Waals surface area contributed by atoms with E-state index in [-0.39, 0.29) is 5.97 Å². The molecule has 5 rings (SSSR count). The lowest BCUT2D eigenvalue weighted by molar-refractivity contribution is 0.0227. The van der Waals surface area contributed by atoms with E-state index in [1.807, 2.05) is 61.5 Å². The zero-order valence-corrected chi connectivity index (χ0v) is 13.6. The predicted octanol–water partition coefficient (Wildman–Crippen LogP) is 4.15. The number of hydrogen-bond donors (Lipinski definition) is 1. The minimum absolute atomic E-state index is 0.349. The van der Waals surface area contributed by atoms with Crippen LogP contribution in [0.5, 0.6) is 11.5 Å². The molecule has 3 aromatic rings. The van der Waals surface area contributed by atoms with Crippen LogP contribution < -0.4 is 10.5 Å². The molecule has 0 bridgehead atoms. The fourth-order valence-corrected chi connectivity index (χ4v) is 3.94. The number of nitrogens with two attached hydrogens (primary N) is 1. The summed E-state index contributed by atoms with van der Waals surface area (Å²) in [6, 6.07) is 18.9. The van der Waals surface area contributed by atoms with Gasteiger partial charge >= 0.3 is 5.97 Å². The van der Waals surface area contributed by atoms with Crippen molar-refractivity contribution in [3.8, 4) is 11.5 Å². The Morgan fingerprint density at radius 2 is 1.64 bits per heavy atom. The summed E-state index contributed by atoms with van der Waals surface area (Å²) in [6.07, 6.45) is 0. The smallest absolute Gasteiger partial charge is 0.340 e. The highest BCUT2D eigenvalue weighted by atomic mass is 16.6. The van der Waals surface area contributed by atoms with Gasteiger partial charge in [0.1, 0.15) is 11.5 Å². The minimum Gasteiger partial charge on any atom is -0.456 e. The van der Waals surface area contributed by atoms with Crippen molar-refractivity contribution in [1.29, 1.82) is 0 Å². The van der Waals surface area contributed by atoms with Gasteiger partial charge in [-0.3, -0.25) is 0 Å². The number of para-hydroxylation sites is 1. The molecule has 122 valence electrons. The topological polar surface area (TPSA) is 61.6 Å². The molecule has 4 heteroatoms. The molecule has 0 radical (unpaired) electrons. The average molecular weight is 329 g/mol. The summed E-state index contributed by atoms with van der Waals surface area (Å²) in [5.74, 6) is 0.948. The number of hydrogen-bond acceptors (Lipinski definition) is 4. The van der Waals surface area contributed by atoms with Crippen LogP contribution >= 0.6 is 0 Å². The first kappa shape index (κ1) is 14.1. The molecular formula is C21H15NO3. The summed E-state index contributed by atoms with van der Waals surface area (Å²) in [6.45, 7) is 1.96. The van der Waals surface area contributed by atoms with E-state index in [1.165, 1.54) is 0 Å². The largest absolute Gasteiger partial charge is 0.456 e. The monoisotopic (exact) mass is 329 g/mol. The molecule has 3 aromatic carbocycles. The average Bonchev–Trinajstić information content (AvgIpc) is 2.88. The van der Waals surface area contributed by atoms with Crippen molar-refractivity contribution < 1.29 is 14.3 Å². The van der Waals surface area contributed by atoms with Gasteiger partial charge in [-0.05, 0) is 36.8 Å². The number of esters is 1. The Labute approximate surface area is 144 Å². The van der Waals surface area contributed by atoms with Gasteiger partial charge in [0.15, 0.2) is 5.60 Å². The van der Waals surface area contributed by atoms with Crippen LogP contribution in [0.3, 0.4) is 0 Å². The van der Waals surface area contributed by atoms with E-state index in [1.54, 1.807) is 6.07 Å². The highest BCUT2D eigenvalue weighted by Crippen LogP contribution is 2.57. The standard InChI is InChI=1S/C21H15NO3/c1-12-10-16(22)19-18(11-12)24-17-9-5-4-8-15(17)21(19)14-7-3-2-6-13(14)20(23)25-21/h2-11H,22H2,1H3. The van der Waals surface area contributed by atoms with E-state index in [9.17, 15) is 4.79 Å². The number of anilines is 1. The summed E-state index contributed by atoms with van der Waals surface area (Å²) in [7, 11) is 0. The Morgan fingerprint density at radius 3 is 2.48 bits per heavy atom. The van der Waals surface area contributed by atoms with Gasteiger partial charge in [0.05, 0.1) is 11.1 Å². The van der Waals surface area contributed by atoms with Gasteiger partial charge in [-0.25, -0.2) is 4.79 Å². The third-order valence-corrected chi connectivity index (χ3v) is 4.89. The maximum Gasteiger partial charge on any atom is 0.340 e. The maximum absolute atomic E-state index is 12.6. The number of rotatable bonds is 0. The van der Waals surface area contributed by atoms with Gasteiger partial charge in [-0.1, -0.05) is 36.4 Å².